The minimum Gasteiger partial charge on any atom is -0.488 e. The lowest BCUT2D eigenvalue weighted by atomic mass is 10.2. The summed E-state index contributed by atoms with van der Waals surface area (Å²) in [4.78, 5) is 15.9. The first kappa shape index (κ1) is 18.2. The smallest absolute Gasteiger partial charge is 0.327 e. The summed E-state index contributed by atoms with van der Waals surface area (Å²) >= 11 is 5.95. The van der Waals surface area contributed by atoms with Gasteiger partial charge in [-0.15, -0.1) is 0 Å². The maximum atomic E-state index is 11.9. The predicted octanol–water partition coefficient (Wildman–Crippen LogP) is 2.00. The van der Waals surface area contributed by atoms with Gasteiger partial charge in [0.05, 0.1) is 9.92 Å². The molecule has 2 aromatic carbocycles. The molecule has 0 saturated carbocycles. The summed E-state index contributed by atoms with van der Waals surface area (Å²) in [6.45, 7) is -0.142. The molecule has 0 saturated heterocycles. The molecule has 1 aliphatic rings. The minimum atomic E-state index is -3.62. The Hall–Kier alpha value is -2.58. The summed E-state index contributed by atoms with van der Waals surface area (Å²) in [5.74, 6) is 0.0381. The molecule has 0 spiro atoms. The first-order valence-electron chi connectivity index (χ1n) is 7.67. The van der Waals surface area contributed by atoms with Crippen LogP contribution in [0.4, 0.5) is 0 Å². The molecule has 7 nitrogen and oxygen atoms in total. The van der Waals surface area contributed by atoms with E-state index in [1.807, 2.05) is 0 Å². The third-order valence-corrected chi connectivity index (χ3v) is 5.18. The van der Waals surface area contributed by atoms with E-state index < -0.39 is 16.0 Å². The van der Waals surface area contributed by atoms with Crippen LogP contribution in [0, 0.1) is 0 Å². The van der Waals surface area contributed by atoms with Gasteiger partial charge < -0.3 is 9.47 Å². The average Bonchev–Trinajstić information content (AvgIpc) is 2.89. The fraction of sp³-hybridized carbons (Fsp3) is 0.176. The van der Waals surface area contributed by atoms with Crippen molar-refractivity contribution in [3.63, 3.8) is 0 Å². The first-order valence-corrected chi connectivity index (χ1v) is 9.53. The van der Waals surface area contributed by atoms with E-state index in [9.17, 15) is 13.2 Å². The van der Waals surface area contributed by atoms with E-state index in [1.54, 1.807) is 42.5 Å². The lowest BCUT2D eigenvalue weighted by Crippen LogP contribution is -2.23. The Bertz CT molecular complexity index is 959. The quantitative estimate of drug-likeness (QED) is 0.597. The second-order valence-electron chi connectivity index (χ2n) is 5.27. The molecule has 0 atom stereocenters. The van der Waals surface area contributed by atoms with Crippen LogP contribution in [0.5, 0.6) is 5.75 Å². The third-order valence-electron chi connectivity index (χ3n) is 3.47. The summed E-state index contributed by atoms with van der Waals surface area (Å²) < 4.78 is 36.6. The van der Waals surface area contributed by atoms with Crippen LogP contribution >= 0.6 is 11.6 Å². The number of hydrogen-bond acceptors (Lipinski definition) is 6. The summed E-state index contributed by atoms with van der Waals surface area (Å²) in [5.41, 5.74) is 0.433. The maximum absolute atomic E-state index is 11.9. The molecule has 0 fully saturated rings. The van der Waals surface area contributed by atoms with E-state index in [2.05, 4.69) is 9.71 Å². The van der Waals surface area contributed by atoms with Crippen LogP contribution in [0.3, 0.4) is 0 Å². The second-order valence-corrected chi connectivity index (χ2v) is 7.32. The number of sulfonamides is 1. The number of para-hydroxylation sites is 1. The molecular weight excluding hydrogens is 380 g/mol. The highest BCUT2D eigenvalue weighted by Crippen LogP contribution is 2.23. The van der Waals surface area contributed by atoms with E-state index in [0.29, 0.717) is 16.3 Å². The number of carbonyl (C=O) groups is 1. The molecular formula is C17H15ClN2O5S. The lowest BCUT2D eigenvalue weighted by Gasteiger charge is -2.08. The number of carbonyl (C=O) groups excluding carboxylic acids is 1. The highest BCUT2D eigenvalue weighted by Gasteiger charge is 2.30. The molecule has 0 amide bonds. The Balaban J connectivity index is 1.50. The van der Waals surface area contributed by atoms with Gasteiger partial charge in [-0.2, -0.15) is 0 Å². The van der Waals surface area contributed by atoms with Gasteiger partial charge in [-0.1, -0.05) is 35.9 Å². The molecule has 0 radical (unpaired) electrons. The molecule has 9 heteroatoms. The van der Waals surface area contributed by atoms with Gasteiger partial charge in [-0.05, 0) is 24.3 Å². The van der Waals surface area contributed by atoms with Crippen molar-refractivity contribution in [1.82, 2.24) is 4.72 Å². The van der Waals surface area contributed by atoms with Gasteiger partial charge in [0.1, 0.15) is 31.3 Å². The Labute approximate surface area is 155 Å². The summed E-state index contributed by atoms with van der Waals surface area (Å²) in [7, 11) is -3.62. The zero-order valence-corrected chi connectivity index (χ0v) is 15.1. The van der Waals surface area contributed by atoms with Crippen molar-refractivity contribution in [2.75, 3.05) is 19.8 Å². The zero-order valence-electron chi connectivity index (χ0n) is 13.5. The molecule has 136 valence electrons. The Morgan fingerprint density at radius 3 is 2.62 bits per heavy atom. The van der Waals surface area contributed by atoms with Crippen molar-refractivity contribution in [1.29, 1.82) is 0 Å². The number of amidine groups is 1. The van der Waals surface area contributed by atoms with Gasteiger partial charge in [-0.3, -0.25) is 14.5 Å². The number of rotatable bonds is 6. The number of halogens is 1. The molecule has 0 unspecified atom stereocenters. The molecule has 1 heterocycles. The number of esters is 1. The number of benzene rings is 2. The van der Waals surface area contributed by atoms with Gasteiger partial charge >= 0.3 is 5.97 Å². The number of hydrogen-bond donors (Lipinski definition) is 1. The third kappa shape index (κ3) is 4.14. The summed E-state index contributed by atoms with van der Waals surface area (Å²) in [6, 6.07) is 13.4. The minimum absolute atomic E-state index is 0.0250. The van der Waals surface area contributed by atoms with Crippen molar-refractivity contribution in [3.8, 4) is 5.75 Å². The molecule has 26 heavy (non-hydrogen) atoms. The number of ether oxygens (including phenoxy) is 2. The van der Waals surface area contributed by atoms with Gasteiger partial charge in [-0.25, -0.2) is 8.42 Å². The van der Waals surface area contributed by atoms with Crippen LogP contribution in [0.15, 0.2) is 58.4 Å². The molecule has 3 rings (SSSR count). The largest absolute Gasteiger partial charge is 0.488 e. The molecule has 0 aromatic heterocycles. The van der Waals surface area contributed by atoms with Crippen LogP contribution < -0.4 is 9.46 Å². The topological polar surface area (TPSA) is 94.1 Å². The van der Waals surface area contributed by atoms with E-state index in [4.69, 9.17) is 21.1 Å². The number of aliphatic imine (C=N–C) groups is 1. The summed E-state index contributed by atoms with van der Waals surface area (Å²) in [5, 5.41) is 0.470. The number of fused-ring (bicyclic) bond motifs is 1. The average molecular weight is 395 g/mol. The monoisotopic (exact) mass is 394 g/mol. The van der Waals surface area contributed by atoms with Crippen molar-refractivity contribution in [3.05, 3.63) is 59.1 Å². The molecule has 1 aliphatic heterocycles. The molecule has 2 aromatic rings. The van der Waals surface area contributed by atoms with Crippen molar-refractivity contribution >= 4 is 33.4 Å². The number of nitrogens with one attached hydrogen (secondary N) is 1. The summed E-state index contributed by atoms with van der Waals surface area (Å²) in [6.07, 6.45) is 0. The van der Waals surface area contributed by atoms with E-state index >= 15 is 0 Å². The van der Waals surface area contributed by atoms with Crippen molar-refractivity contribution < 1.29 is 22.7 Å². The van der Waals surface area contributed by atoms with Crippen molar-refractivity contribution in [2.45, 2.75) is 4.90 Å². The highest BCUT2D eigenvalue weighted by molar-refractivity contribution is 7.90. The van der Waals surface area contributed by atoms with Crippen molar-refractivity contribution in [2.24, 2.45) is 4.99 Å². The van der Waals surface area contributed by atoms with Crippen LogP contribution in [0.1, 0.15) is 5.56 Å². The maximum Gasteiger partial charge on any atom is 0.327 e. The fourth-order valence-electron chi connectivity index (χ4n) is 2.31. The Kier molecular flexibility index (Phi) is 5.43. The van der Waals surface area contributed by atoms with E-state index in [1.165, 1.54) is 6.07 Å². The molecule has 1 N–H and O–H groups in total. The zero-order chi connectivity index (χ0) is 18.6. The van der Waals surface area contributed by atoms with E-state index in [-0.39, 0.29) is 30.5 Å². The highest BCUT2D eigenvalue weighted by atomic mass is 35.5. The van der Waals surface area contributed by atoms with Gasteiger partial charge in [0.2, 0.25) is 0 Å². The molecule has 0 aliphatic carbocycles. The molecule has 0 bridgehead atoms. The van der Waals surface area contributed by atoms with Crippen LogP contribution in [-0.4, -0.2) is 40.0 Å². The fourth-order valence-corrected chi connectivity index (χ4v) is 3.75. The normalized spacial score (nSPS) is 16.0. The first-order chi connectivity index (χ1) is 12.5. The Morgan fingerprint density at radius 2 is 1.81 bits per heavy atom. The van der Waals surface area contributed by atoms with Gasteiger partial charge in [0, 0.05) is 5.56 Å². The second kappa shape index (κ2) is 7.76. The van der Waals surface area contributed by atoms with E-state index in [0.717, 1.165) is 0 Å². The standard InChI is InChI=1S/C17H15ClN2O5S/c18-13-6-2-3-7-14(13)24-9-10-25-16(21)11-19-17-12-5-1-4-8-15(12)26(22,23)20-17/h1-8H,9-11H2,(H,19,20). The Morgan fingerprint density at radius 1 is 1.08 bits per heavy atom. The lowest BCUT2D eigenvalue weighted by molar-refractivity contribution is -0.142. The van der Waals surface area contributed by atoms with Crippen LogP contribution in [0.2, 0.25) is 5.02 Å². The van der Waals surface area contributed by atoms with Crippen LogP contribution in [0.25, 0.3) is 0 Å². The SMILES string of the molecule is O=C(CN=C1NS(=O)(=O)c2ccccc21)OCCOc1ccccc1Cl. The van der Waals surface area contributed by atoms with Gasteiger partial charge in [0.25, 0.3) is 10.0 Å². The number of nitrogens with zero attached hydrogens (tertiary/aromatic N) is 1. The van der Waals surface area contributed by atoms with Gasteiger partial charge in [0.15, 0.2) is 0 Å². The van der Waals surface area contributed by atoms with Crippen LogP contribution in [-0.2, 0) is 19.6 Å². The predicted molar refractivity (Wildman–Crippen MR) is 96.1 cm³/mol.